The van der Waals surface area contributed by atoms with E-state index in [0.717, 1.165) is 24.4 Å². The van der Waals surface area contributed by atoms with E-state index >= 15 is 0 Å². The molecule has 1 atom stereocenters. The summed E-state index contributed by atoms with van der Waals surface area (Å²) in [6, 6.07) is 12.4. The first-order chi connectivity index (χ1) is 15.5. The fourth-order valence-electron chi connectivity index (χ4n) is 4.09. The van der Waals surface area contributed by atoms with Crippen LogP contribution in [-0.2, 0) is 0 Å². The second-order valence-corrected chi connectivity index (χ2v) is 9.02. The SMILES string of the molecule is CC1CCCCN1CCCNC(=O)c1cc(-c2cccs2)nn1-c1cccc([N+](=O)[O-])c1. The van der Waals surface area contributed by atoms with Crippen molar-refractivity contribution >= 4 is 22.9 Å². The summed E-state index contributed by atoms with van der Waals surface area (Å²) in [5.41, 5.74) is 1.46. The van der Waals surface area contributed by atoms with Crippen LogP contribution in [0, 0.1) is 10.1 Å². The van der Waals surface area contributed by atoms with Crippen molar-refractivity contribution in [2.24, 2.45) is 0 Å². The lowest BCUT2D eigenvalue weighted by Crippen LogP contribution is -2.39. The van der Waals surface area contributed by atoms with Crippen LogP contribution in [0.3, 0.4) is 0 Å². The Labute approximate surface area is 191 Å². The van der Waals surface area contributed by atoms with E-state index in [4.69, 9.17) is 0 Å². The van der Waals surface area contributed by atoms with Crippen molar-refractivity contribution in [3.05, 3.63) is 63.7 Å². The van der Waals surface area contributed by atoms with Gasteiger partial charge < -0.3 is 10.2 Å². The van der Waals surface area contributed by atoms with Gasteiger partial charge in [0.2, 0.25) is 0 Å². The number of nitro benzene ring substituents is 1. The van der Waals surface area contributed by atoms with E-state index in [1.807, 2.05) is 17.5 Å². The van der Waals surface area contributed by atoms with Gasteiger partial charge in [0.25, 0.3) is 11.6 Å². The normalized spacial score (nSPS) is 16.7. The van der Waals surface area contributed by atoms with Gasteiger partial charge in [-0.1, -0.05) is 18.6 Å². The minimum atomic E-state index is -0.450. The molecule has 2 aromatic heterocycles. The molecule has 0 spiro atoms. The van der Waals surface area contributed by atoms with Gasteiger partial charge in [0.15, 0.2) is 0 Å². The molecule has 32 heavy (non-hydrogen) atoms. The number of hydrogen-bond donors (Lipinski definition) is 1. The van der Waals surface area contributed by atoms with E-state index in [-0.39, 0.29) is 11.6 Å². The fraction of sp³-hybridized carbons (Fsp3) is 0.391. The number of aromatic nitrogens is 2. The third-order valence-electron chi connectivity index (χ3n) is 5.85. The van der Waals surface area contributed by atoms with Crippen molar-refractivity contribution in [2.45, 2.75) is 38.6 Å². The number of nitrogens with zero attached hydrogens (tertiary/aromatic N) is 4. The van der Waals surface area contributed by atoms with E-state index in [2.05, 4.69) is 22.2 Å². The van der Waals surface area contributed by atoms with Gasteiger partial charge in [0.1, 0.15) is 11.4 Å². The van der Waals surface area contributed by atoms with Crippen molar-refractivity contribution in [1.82, 2.24) is 20.0 Å². The summed E-state index contributed by atoms with van der Waals surface area (Å²) in [5, 5.41) is 20.8. The molecule has 1 amide bonds. The molecule has 1 aliphatic rings. The Balaban J connectivity index is 1.50. The number of piperidine rings is 1. The first kappa shape index (κ1) is 22.2. The molecule has 9 heteroatoms. The predicted molar refractivity (Wildman–Crippen MR) is 125 cm³/mol. The maximum atomic E-state index is 13.0. The van der Waals surface area contributed by atoms with Gasteiger partial charge in [-0.05, 0) is 56.3 Å². The van der Waals surface area contributed by atoms with Crippen LogP contribution in [-0.4, -0.2) is 51.2 Å². The Morgan fingerprint density at radius 2 is 2.16 bits per heavy atom. The molecule has 1 aromatic carbocycles. The largest absolute Gasteiger partial charge is 0.351 e. The first-order valence-corrected chi connectivity index (χ1v) is 11.8. The first-order valence-electron chi connectivity index (χ1n) is 10.9. The summed E-state index contributed by atoms with van der Waals surface area (Å²) in [6.07, 6.45) is 4.65. The standard InChI is InChI=1S/C23H27N5O3S/c1-17-7-2-3-12-26(17)13-6-11-24-23(29)21-16-20(22-10-5-14-32-22)25-27(21)18-8-4-9-19(15-18)28(30)31/h4-5,8-10,14-17H,2-3,6-7,11-13H2,1H3,(H,24,29). The highest BCUT2D eigenvalue weighted by molar-refractivity contribution is 7.13. The summed E-state index contributed by atoms with van der Waals surface area (Å²) in [6.45, 7) is 4.92. The van der Waals surface area contributed by atoms with Crippen LogP contribution in [0.25, 0.3) is 16.3 Å². The Bertz CT molecular complexity index is 1080. The van der Waals surface area contributed by atoms with Crippen LogP contribution in [0.2, 0.25) is 0 Å². The van der Waals surface area contributed by atoms with E-state index in [9.17, 15) is 14.9 Å². The number of nitrogens with one attached hydrogen (secondary N) is 1. The van der Waals surface area contributed by atoms with Crippen molar-refractivity contribution in [1.29, 1.82) is 0 Å². The monoisotopic (exact) mass is 453 g/mol. The zero-order chi connectivity index (χ0) is 22.5. The minimum absolute atomic E-state index is 0.0438. The van der Waals surface area contributed by atoms with Crippen LogP contribution in [0.1, 0.15) is 43.1 Å². The molecule has 1 N–H and O–H groups in total. The lowest BCUT2D eigenvalue weighted by atomic mass is 10.0. The van der Waals surface area contributed by atoms with E-state index in [1.54, 1.807) is 18.2 Å². The third kappa shape index (κ3) is 5.05. The molecule has 1 fully saturated rings. The number of benzene rings is 1. The average Bonchev–Trinajstić information content (AvgIpc) is 3.48. The molecule has 1 saturated heterocycles. The van der Waals surface area contributed by atoms with Gasteiger partial charge in [0, 0.05) is 31.3 Å². The molecule has 3 aromatic rings. The molecule has 0 saturated carbocycles. The number of amides is 1. The van der Waals surface area contributed by atoms with E-state index in [1.165, 1.54) is 47.4 Å². The van der Waals surface area contributed by atoms with Crippen LogP contribution in [0.15, 0.2) is 47.8 Å². The van der Waals surface area contributed by atoms with Crippen LogP contribution in [0.5, 0.6) is 0 Å². The van der Waals surface area contributed by atoms with Gasteiger partial charge >= 0.3 is 0 Å². The zero-order valence-corrected chi connectivity index (χ0v) is 18.9. The van der Waals surface area contributed by atoms with Crippen molar-refractivity contribution in [3.8, 4) is 16.3 Å². The van der Waals surface area contributed by atoms with Crippen molar-refractivity contribution in [2.75, 3.05) is 19.6 Å². The number of carbonyl (C=O) groups excluding carboxylic acids is 1. The van der Waals surface area contributed by atoms with Crippen molar-refractivity contribution < 1.29 is 9.72 Å². The minimum Gasteiger partial charge on any atom is -0.351 e. The summed E-state index contributed by atoms with van der Waals surface area (Å²) in [5.74, 6) is -0.237. The van der Waals surface area contributed by atoms with Crippen LogP contribution in [0.4, 0.5) is 5.69 Å². The highest BCUT2D eigenvalue weighted by Crippen LogP contribution is 2.27. The molecule has 3 heterocycles. The van der Waals surface area contributed by atoms with Gasteiger partial charge in [-0.15, -0.1) is 11.3 Å². The van der Waals surface area contributed by atoms with Crippen LogP contribution < -0.4 is 5.32 Å². The van der Waals surface area contributed by atoms with Gasteiger partial charge in [0.05, 0.1) is 15.5 Å². The molecule has 1 unspecified atom stereocenters. The second-order valence-electron chi connectivity index (χ2n) is 8.07. The molecular formula is C23H27N5O3S. The number of non-ortho nitro benzene ring substituents is 1. The smallest absolute Gasteiger partial charge is 0.271 e. The van der Waals surface area contributed by atoms with Crippen molar-refractivity contribution in [3.63, 3.8) is 0 Å². The Hall–Kier alpha value is -3.04. The lowest BCUT2D eigenvalue weighted by Gasteiger charge is -2.33. The second kappa shape index (κ2) is 10.1. The zero-order valence-electron chi connectivity index (χ0n) is 18.1. The maximum absolute atomic E-state index is 13.0. The lowest BCUT2D eigenvalue weighted by molar-refractivity contribution is -0.384. The molecule has 0 aliphatic carbocycles. The fourth-order valence-corrected chi connectivity index (χ4v) is 4.77. The molecule has 8 nitrogen and oxygen atoms in total. The molecule has 168 valence electrons. The third-order valence-corrected chi connectivity index (χ3v) is 6.74. The Morgan fingerprint density at radius 1 is 1.28 bits per heavy atom. The van der Waals surface area contributed by atoms with Gasteiger partial charge in [-0.2, -0.15) is 5.10 Å². The van der Waals surface area contributed by atoms with Gasteiger partial charge in [-0.25, -0.2) is 4.68 Å². The quantitative estimate of drug-likeness (QED) is 0.308. The summed E-state index contributed by atoms with van der Waals surface area (Å²) < 4.78 is 1.49. The molecule has 0 radical (unpaired) electrons. The molecule has 4 rings (SSSR count). The number of nitro groups is 1. The van der Waals surface area contributed by atoms with Crippen LogP contribution >= 0.6 is 11.3 Å². The summed E-state index contributed by atoms with van der Waals surface area (Å²) >= 11 is 1.53. The van der Waals surface area contributed by atoms with E-state index < -0.39 is 4.92 Å². The highest BCUT2D eigenvalue weighted by Gasteiger charge is 2.20. The summed E-state index contributed by atoms with van der Waals surface area (Å²) in [4.78, 5) is 27.2. The Morgan fingerprint density at radius 3 is 2.91 bits per heavy atom. The highest BCUT2D eigenvalue weighted by atomic mass is 32.1. The number of rotatable bonds is 8. The number of carbonyl (C=O) groups is 1. The molecule has 1 aliphatic heterocycles. The Kier molecular flexibility index (Phi) is 6.96. The number of hydrogen-bond acceptors (Lipinski definition) is 6. The molecular weight excluding hydrogens is 426 g/mol. The topological polar surface area (TPSA) is 93.3 Å². The number of thiophene rings is 1. The average molecular weight is 454 g/mol. The number of likely N-dealkylation sites (tertiary alicyclic amines) is 1. The van der Waals surface area contributed by atoms with Gasteiger partial charge in [-0.3, -0.25) is 14.9 Å². The maximum Gasteiger partial charge on any atom is 0.271 e. The van der Waals surface area contributed by atoms with E-state index in [0.29, 0.717) is 29.7 Å². The summed E-state index contributed by atoms with van der Waals surface area (Å²) in [7, 11) is 0. The predicted octanol–water partition coefficient (Wildman–Crippen LogP) is 4.50. The molecule has 0 bridgehead atoms.